The van der Waals surface area contributed by atoms with Crippen LogP contribution in [0.25, 0.3) is 10.8 Å². The number of hydrazine groups is 1. The van der Waals surface area contributed by atoms with Crippen molar-refractivity contribution in [2.75, 3.05) is 0 Å². The van der Waals surface area contributed by atoms with Crippen LogP contribution in [0.3, 0.4) is 0 Å². The van der Waals surface area contributed by atoms with Crippen molar-refractivity contribution in [3.63, 3.8) is 0 Å². The molecule has 0 fully saturated rings. The van der Waals surface area contributed by atoms with E-state index in [-0.39, 0.29) is 11.9 Å². The van der Waals surface area contributed by atoms with Gasteiger partial charge in [-0.05, 0) is 28.8 Å². The molecule has 3 rings (SSSR count). The first-order valence-corrected chi connectivity index (χ1v) is 6.97. The fourth-order valence-corrected chi connectivity index (χ4v) is 2.71. The summed E-state index contributed by atoms with van der Waals surface area (Å²) >= 11 is 0. The molecule has 1 unspecified atom stereocenters. The van der Waals surface area contributed by atoms with Gasteiger partial charge < -0.3 is 0 Å². The average Bonchev–Trinajstić information content (AvgIpc) is 2.53. The second-order valence-electron chi connectivity index (χ2n) is 5.08. The molecule has 0 aliphatic heterocycles. The van der Waals surface area contributed by atoms with E-state index in [1.54, 1.807) is 12.1 Å². The Morgan fingerprint density at radius 3 is 2.43 bits per heavy atom. The predicted molar refractivity (Wildman–Crippen MR) is 84.1 cm³/mol. The first-order valence-electron chi connectivity index (χ1n) is 6.97. The van der Waals surface area contributed by atoms with Crippen molar-refractivity contribution in [3.8, 4) is 0 Å². The highest BCUT2D eigenvalue weighted by Gasteiger charge is 2.15. The van der Waals surface area contributed by atoms with Crippen molar-refractivity contribution in [2.45, 2.75) is 12.5 Å². The van der Waals surface area contributed by atoms with Crippen LogP contribution in [0.15, 0.2) is 66.7 Å². The van der Waals surface area contributed by atoms with E-state index in [9.17, 15) is 4.39 Å². The molecule has 0 heterocycles. The van der Waals surface area contributed by atoms with Gasteiger partial charge in [-0.1, -0.05) is 60.7 Å². The Labute approximate surface area is 123 Å². The van der Waals surface area contributed by atoms with Crippen LogP contribution in [0.1, 0.15) is 17.2 Å². The monoisotopic (exact) mass is 280 g/mol. The Bertz CT molecular complexity index is 750. The van der Waals surface area contributed by atoms with E-state index < -0.39 is 0 Å². The zero-order chi connectivity index (χ0) is 14.7. The molecule has 0 aliphatic rings. The summed E-state index contributed by atoms with van der Waals surface area (Å²) < 4.78 is 13.9. The third kappa shape index (κ3) is 2.79. The molecular formula is C18H17FN2. The van der Waals surface area contributed by atoms with E-state index in [1.807, 2.05) is 24.3 Å². The van der Waals surface area contributed by atoms with Crippen LogP contribution in [-0.2, 0) is 6.42 Å². The lowest BCUT2D eigenvalue weighted by Crippen LogP contribution is -2.30. The maximum absolute atomic E-state index is 13.9. The highest BCUT2D eigenvalue weighted by Crippen LogP contribution is 2.25. The number of halogens is 1. The Kier molecular flexibility index (Phi) is 3.95. The number of benzene rings is 3. The van der Waals surface area contributed by atoms with Gasteiger partial charge >= 0.3 is 0 Å². The lowest BCUT2D eigenvalue weighted by atomic mass is 9.95. The number of nitrogens with two attached hydrogens (primary N) is 1. The highest BCUT2D eigenvalue weighted by atomic mass is 19.1. The molecule has 3 aromatic carbocycles. The number of hydrogen-bond acceptors (Lipinski definition) is 2. The molecule has 3 N–H and O–H groups in total. The summed E-state index contributed by atoms with van der Waals surface area (Å²) in [6.45, 7) is 0. The molecule has 0 spiro atoms. The quantitative estimate of drug-likeness (QED) is 0.564. The van der Waals surface area contributed by atoms with Gasteiger partial charge in [-0.25, -0.2) is 4.39 Å². The largest absolute Gasteiger partial charge is 0.271 e. The maximum Gasteiger partial charge on any atom is 0.128 e. The van der Waals surface area contributed by atoms with E-state index in [2.05, 4.69) is 29.7 Å². The van der Waals surface area contributed by atoms with Crippen LogP contribution < -0.4 is 11.3 Å². The second kappa shape index (κ2) is 6.04. The Morgan fingerprint density at radius 1 is 0.905 bits per heavy atom. The second-order valence-corrected chi connectivity index (χ2v) is 5.08. The number of hydrogen-bond donors (Lipinski definition) is 2. The summed E-state index contributed by atoms with van der Waals surface area (Å²) in [7, 11) is 0. The van der Waals surface area contributed by atoms with Gasteiger partial charge in [0.25, 0.3) is 0 Å². The van der Waals surface area contributed by atoms with Crippen molar-refractivity contribution in [2.24, 2.45) is 5.84 Å². The van der Waals surface area contributed by atoms with E-state index in [4.69, 9.17) is 5.84 Å². The fourth-order valence-electron chi connectivity index (χ4n) is 2.71. The van der Waals surface area contributed by atoms with E-state index >= 15 is 0 Å². The minimum atomic E-state index is -0.253. The molecule has 0 radical (unpaired) electrons. The zero-order valence-corrected chi connectivity index (χ0v) is 11.6. The third-order valence-corrected chi connectivity index (χ3v) is 3.79. The molecule has 0 amide bonds. The molecule has 21 heavy (non-hydrogen) atoms. The minimum Gasteiger partial charge on any atom is -0.271 e. The summed E-state index contributed by atoms with van der Waals surface area (Å²) in [4.78, 5) is 0. The smallest absolute Gasteiger partial charge is 0.128 e. The van der Waals surface area contributed by atoms with Crippen LogP contribution in [-0.4, -0.2) is 0 Å². The molecule has 3 heteroatoms. The Balaban J connectivity index is 1.98. The van der Waals surface area contributed by atoms with Crippen molar-refractivity contribution in [1.82, 2.24) is 5.43 Å². The normalized spacial score (nSPS) is 12.5. The highest BCUT2D eigenvalue weighted by molar-refractivity contribution is 5.85. The van der Waals surface area contributed by atoms with E-state index in [0.717, 1.165) is 5.56 Å². The molecule has 0 aromatic heterocycles. The van der Waals surface area contributed by atoms with Gasteiger partial charge in [0.05, 0.1) is 6.04 Å². The molecule has 2 nitrogen and oxygen atoms in total. The minimum absolute atomic E-state index is 0.235. The Hall–Kier alpha value is -2.23. The number of fused-ring (bicyclic) bond motifs is 1. The number of nitrogens with one attached hydrogen (secondary N) is 1. The maximum atomic E-state index is 13.9. The van der Waals surface area contributed by atoms with E-state index in [0.29, 0.717) is 12.0 Å². The molecule has 0 bridgehead atoms. The third-order valence-electron chi connectivity index (χ3n) is 3.79. The molecule has 0 saturated carbocycles. The summed E-state index contributed by atoms with van der Waals surface area (Å²) in [6, 6.07) is 20.8. The summed E-state index contributed by atoms with van der Waals surface area (Å²) in [6.07, 6.45) is 0.638. The van der Waals surface area contributed by atoms with Crippen molar-refractivity contribution >= 4 is 10.8 Å². The van der Waals surface area contributed by atoms with Gasteiger partial charge in [-0.15, -0.1) is 0 Å². The fraction of sp³-hybridized carbons (Fsp3) is 0.111. The topological polar surface area (TPSA) is 38.0 Å². The SMILES string of the molecule is NNC(Cc1cccc2ccccc12)c1ccccc1F. The van der Waals surface area contributed by atoms with Gasteiger partial charge in [0.15, 0.2) is 0 Å². The predicted octanol–water partition coefficient (Wildman–Crippen LogP) is 3.73. The molecule has 1 atom stereocenters. The summed E-state index contributed by atoms with van der Waals surface area (Å²) in [5.74, 6) is 5.41. The average molecular weight is 280 g/mol. The van der Waals surface area contributed by atoms with E-state index in [1.165, 1.54) is 16.8 Å². The molecule has 0 aliphatic carbocycles. The lowest BCUT2D eigenvalue weighted by molar-refractivity contribution is 0.511. The molecule has 106 valence electrons. The van der Waals surface area contributed by atoms with Crippen LogP contribution >= 0.6 is 0 Å². The first kappa shape index (κ1) is 13.7. The number of rotatable bonds is 4. The zero-order valence-electron chi connectivity index (χ0n) is 11.6. The molecular weight excluding hydrogens is 263 g/mol. The van der Waals surface area contributed by atoms with Gasteiger partial charge in [0.1, 0.15) is 5.82 Å². The Morgan fingerprint density at radius 2 is 1.62 bits per heavy atom. The van der Waals surface area contributed by atoms with Crippen LogP contribution in [0, 0.1) is 5.82 Å². The van der Waals surface area contributed by atoms with Crippen molar-refractivity contribution in [1.29, 1.82) is 0 Å². The van der Waals surface area contributed by atoms with Crippen LogP contribution in [0.2, 0.25) is 0 Å². The molecule has 3 aromatic rings. The van der Waals surface area contributed by atoms with Crippen molar-refractivity contribution in [3.05, 3.63) is 83.7 Å². The van der Waals surface area contributed by atoms with Gasteiger partial charge in [-0.2, -0.15) is 0 Å². The first-order chi connectivity index (χ1) is 10.3. The van der Waals surface area contributed by atoms with Crippen molar-refractivity contribution < 1.29 is 4.39 Å². The van der Waals surface area contributed by atoms with Gasteiger partial charge in [-0.3, -0.25) is 11.3 Å². The summed E-state index contributed by atoms with van der Waals surface area (Å²) in [5, 5.41) is 2.36. The summed E-state index contributed by atoms with van der Waals surface area (Å²) in [5.41, 5.74) is 4.48. The van der Waals surface area contributed by atoms with Gasteiger partial charge in [0, 0.05) is 5.56 Å². The van der Waals surface area contributed by atoms with Crippen LogP contribution in [0.4, 0.5) is 4.39 Å². The lowest BCUT2D eigenvalue weighted by Gasteiger charge is -2.18. The molecule has 0 saturated heterocycles. The van der Waals surface area contributed by atoms with Crippen LogP contribution in [0.5, 0.6) is 0 Å². The standard InChI is InChI=1S/C18H17FN2/c19-17-11-4-3-10-16(17)18(21-20)12-14-8-5-7-13-6-1-2-9-15(13)14/h1-11,18,21H,12,20H2. The van der Waals surface area contributed by atoms with Gasteiger partial charge in [0.2, 0.25) is 0 Å².